The van der Waals surface area contributed by atoms with Gasteiger partial charge in [0.2, 0.25) is 0 Å². The van der Waals surface area contributed by atoms with E-state index in [2.05, 4.69) is 49.0 Å². The Morgan fingerprint density at radius 3 is 2.22 bits per heavy atom. The van der Waals surface area contributed by atoms with E-state index < -0.39 is 0 Å². The van der Waals surface area contributed by atoms with Crippen molar-refractivity contribution in [3.63, 3.8) is 0 Å². The first-order valence-electron chi connectivity index (χ1n) is 13.1. The van der Waals surface area contributed by atoms with Crippen molar-refractivity contribution in [3.8, 4) is 23.0 Å². The topological polar surface area (TPSA) is 78.4 Å². The smallest absolute Gasteiger partial charge is 0.271 e. The van der Waals surface area contributed by atoms with Gasteiger partial charge in [-0.1, -0.05) is 58.4 Å². The van der Waals surface area contributed by atoms with Crippen molar-refractivity contribution >= 4 is 50.6 Å². The number of carbonyl (C=O) groups excluding carboxylic acids is 1. The number of benzene rings is 4. The second-order valence-corrected chi connectivity index (χ2v) is 10.8. The first-order valence-corrected chi connectivity index (χ1v) is 14.9. The molecule has 0 aliphatic heterocycles. The monoisotopic (exact) mass is 728 g/mol. The maximum atomic E-state index is 12.8. The van der Waals surface area contributed by atoms with Crippen molar-refractivity contribution in [2.75, 3.05) is 13.2 Å². The van der Waals surface area contributed by atoms with Gasteiger partial charge in [-0.3, -0.25) is 4.79 Å². The van der Waals surface area contributed by atoms with Crippen LogP contribution in [0.25, 0.3) is 0 Å². The van der Waals surface area contributed by atoms with Crippen LogP contribution < -0.4 is 24.4 Å². The third-order valence-electron chi connectivity index (χ3n) is 5.75. The zero-order valence-electron chi connectivity index (χ0n) is 22.7. The minimum absolute atomic E-state index is 0.369. The van der Waals surface area contributed by atoms with Crippen LogP contribution in [0.3, 0.4) is 0 Å². The normalized spacial score (nSPS) is 10.8. The molecule has 0 atom stereocenters. The lowest BCUT2D eigenvalue weighted by Gasteiger charge is -2.15. The van der Waals surface area contributed by atoms with Gasteiger partial charge in [-0.25, -0.2) is 5.43 Å². The standard InChI is InChI=1S/C32H30BrIN2O5/c1-3-38-29-18-25(12-15-28(29)40-20-22-8-6-5-7-9-22)32(37)36-35-19-24-16-27(34)31(30(17-24)39-4-2)41-21-23-10-13-26(33)14-11-23/h5-19H,3-4,20-21H2,1-2H3,(H,36,37)/b35-19+. The molecule has 212 valence electrons. The van der Waals surface area contributed by atoms with Crippen LogP contribution in [-0.4, -0.2) is 25.3 Å². The van der Waals surface area contributed by atoms with Gasteiger partial charge in [0.1, 0.15) is 13.2 Å². The summed E-state index contributed by atoms with van der Waals surface area (Å²) in [5.41, 5.74) is 5.83. The van der Waals surface area contributed by atoms with Crippen LogP contribution >= 0.6 is 38.5 Å². The van der Waals surface area contributed by atoms with E-state index in [1.807, 2.05) is 80.6 Å². The molecule has 7 nitrogen and oxygen atoms in total. The second-order valence-electron chi connectivity index (χ2n) is 8.75. The highest BCUT2D eigenvalue weighted by molar-refractivity contribution is 14.1. The summed E-state index contributed by atoms with van der Waals surface area (Å²) in [5.74, 6) is 1.96. The SMILES string of the molecule is CCOc1cc(C(=O)N/N=C/c2cc(I)c(OCc3ccc(Br)cc3)c(OCC)c2)ccc1OCc1ccccc1. The van der Waals surface area contributed by atoms with Crippen molar-refractivity contribution in [1.29, 1.82) is 0 Å². The zero-order chi connectivity index (χ0) is 29.0. The van der Waals surface area contributed by atoms with E-state index in [-0.39, 0.29) is 5.91 Å². The quantitative estimate of drug-likeness (QED) is 0.0865. The van der Waals surface area contributed by atoms with Gasteiger partial charge in [-0.05, 0) is 95.6 Å². The first kappa shape index (κ1) is 30.4. The number of hydrogen-bond donors (Lipinski definition) is 1. The number of rotatable bonds is 13. The molecule has 9 heteroatoms. The molecule has 4 aromatic carbocycles. The highest BCUT2D eigenvalue weighted by atomic mass is 127. The van der Waals surface area contributed by atoms with Crippen molar-refractivity contribution in [1.82, 2.24) is 5.43 Å². The van der Waals surface area contributed by atoms with Gasteiger partial charge in [-0.2, -0.15) is 5.10 Å². The number of amides is 1. The molecule has 0 radical (unpaired) electrons. The molecule has 0 unspecified atom stereocenters. The fraction of sp³-hybridized carbons (Fsp3) is 0.188. The van der Waals surface area contributed by atoms with Gasteiger partial charge in [0, 0.05) is 10.0 Å². The molecule has 0 saturated carbocycles. The van der Waals surface area contributed by atoms with Gasteiger partial charge >= 0.3 is 0 Å². The predicted molar refractivity (Wildman–Crippen MR) is 172 cm³/mol. The highest BCUT2D eigenvalue weighted by Gasteiger charge is 2.14. The maximum Gasteiger partial charge on any atom is 0.271 e. The summed E-state index contributed by atoms with van der Waals surface area (Å²) >= 11 is 5.66. The van der Waals surface area contributed by atoms with Crippen molar-refractivity contribution in [2.45, 2.75) is 27.1 Å². The number of carbonyl (C=O) groups is 1. The third-order valence-corrected chi connectivity index (χ3v) is 7.08. The molecule has 4 rings (SSSR count). The Balaban J connectivity index is 1.42. The van der Waals surface area contributed by atoms with Gasteiger partial charge in [-0.15, -0.1) is 0 Å². The number of ether oxygens (including phenoxy) is 4. The Hall–Kier alpha value is -3.57. The molecule has 0 spiro atoms. The molecular weight excluding hydrogens is 699 g/mol. The summed E-state index contributed by atoms with van der Waals surface area (Å²) in [6.07, 6.45) is 1.57. The minimum Gasteiger partial charge on any atom is -0.490 e. The van der Waals surface area contributed by atoms with Crippen LogP contribution in [-0.2, 0) is 13.2 Å². The molecule has 0 heterocycles. The van der Waals surface area contributed by atoms with Crippen LogP contribution in [0.5, 0.6) is 23.0 Å². The highest BCUT2D eigenvalue weighted by Crippen LogP contribution is 2.35. The summed E-state index contributed by atoms with van der Waals surface area (Å²) in [4.78, 5) is 12.8. The maximum absolute atomic E-state index is 12.8. The summed E-state index contributed by atoms with van der Waals surface area (Å²) in [6, 6.07) is 26.6. The Bertz CT molecular complexity index is 1480. The summed E-state index contributed by atoms with van der Waals surface area (Å²) in [6.45, 7) is 5.53. The van der Waals surface area contributed by atoms with Crippen molar-refractivity contribution in [3.05, 3.63) is 115 Å². The fourth-order valence-electron chi connectivity index (χ4n) is 3.80. The van der Waals surface area contributed by atoms with Crippen LogP contribution in [0.2, 0.25) is 0 Å². The molecule has 0 fully saturated rings. The Labute approximate surface area is 262 Å². The van der Waals surface area contributed by atoms with Crippen LogP contribution in [0.4, 0.5) is 0 Å². The lowest BCUT2D eigenvalue weighted by atomic mass is 10.2. The van der Waals surface area contributed by atoms with Crippen molar-refractivity contribution < 1.29 is 23.7 Å². The van der Waals surface area contributed by atoms with Crippen LogP contribution in [0.15, 0.2) is 94.5 Å². The van der Waals surface area contributed by atoms with Gasteiger partial charge in [0.15, 0.2) is 23.0 Å². The molecular formula is C32H30BrIN2O5. The molecule has 1 amide bonds. The lowest BCUT2D eigenvalue weighted by molar-refractivity contribution is 0.0954. The Kier molecular flexibility index (Phi) is 11.4. The van der Waals surface area contributed by atoms with E-state index in [0.717, 1.165) is 24.7 Å². The number of hydrogen-bond acceptors (Lipinski definition) is 6. The van der Waals surface area contributed by atoms with Crippen LogP contribution in [0.1, 0.15) is 40.9 Å². The van der Waals surface area contributed by atoms with Gasteiger partial charge in [0.25, 0.3) is 5.91 Å². The van der Waals surface area contributed by atoms with E-state index in [1.165, 1.54) is 0 Å². The molecule has 0 aliphatic carbocycles. The number of nitrogens with zero attached hydrogens (tertiary/aromatic N) is 1. The number of hydrazone groups is 1. The second kappa shape index (κ2) is 15.4. The average Bonchev–Trinajstić information content (AvgIpc) is 2.98. The molecule has 4 aromatic rings. The fourth-order valence-corrected chi connectivity index (χ4v) is 4.85. The van der Waals surface area contributed by atoms with Crippen molar-refractivity contribution in [2.24, 2.45) is 5.10 Å². The number of nitrogens with one attached hydrogen (secondary N) is 1. The van der Waals surface area contributed by atoms with Crippen LogP contribution in [0, 0.1) is 3.57 Å². The molecule has 0 bridgehead atoms. The van der Waals surface area contributed by atoms with E-state index >= 15 is 0 Å². The summed E-state index contributed by atoms with van der Waals surface area (Å²) in [5, 5.41) is 4.17. The van der Waals surface area contributed by atoms with E-state index in [0.29, 0.717) is 55.0 Å². The summed E-state index contributed by atoms with van der Waals surface area (Å²) in [7, 11) is 0. The Morgan fingerprint density at radius 2 is 1.49 bits per heavy atom. The molecule has 1 N–H and O–H groups in total. The van der Waals surface area contributed by atoms with E-state index in [1.54, 1.807) is 24.4 Å². The molecule has 0 aromatic heterocycles. The third kappa shape index (κ3) is 8.96. The largest absolute Gasteiger partial charge is 0.490 e. The Morgan fingerprint density at radius 1 is 0.805 bits per heavy atom. The summed E-state index contributed by atoms with van der Waals surface area (Å²) < 4.78 is 25.5. The average molecular weight is 729 g/mol. The zero-order valence-corrected chi connectivity index (χ0v) is 26.5. The first-order chi connectivity index (χ1) is 20.0. The molecule has 41 heavy (non-hydrogen) atoms. The van der Waals surface area contributed by atoms with E-state index in [9.17, 15) is 4.79 Å². The molecule has 0 saturated heterocycles. The van der Waals surface area contributed by atoms with Gasteiger partial charge in [0.05, 0.1) is 23.0 Å². The molecule has 0 aliphatic rings. The minimum atomic E-state index is -0.369. The van der Waals surface area contributed by atoms with Gasteiger partial charge < -0.3 is 18.9 Å². The van der Waals surface area contributed by atoms with E-state index in [4.69, 9.17) is 18.9 Å². The lowest BCUT2D eigenvalue weighted by Crippen LogP contribution is -2.17. The number of halogens is 2. The predicted octanol–water partition coefficient (Wildman–Crippen LogP) is 7.77.